The molecule has 0 aliphatic carbocycles. The first-order chi connectivity index (χ1) is 17.4. The Kier molecular flexibility index (Phi) is 9.87. The van der Waals surface area contributed by atoms with Crippen molar-refractivity contribution in [2.24, 2.45) is 0 Å². The van der Waals surface area contributed by atoms with Gasteiger partial charge in [0.05, 0.1) is 38.0 Å². The Hall–Kier alpha value is -3.86. The number of nitrogens with zero attached hydrogens (tertiary/aromatic N) is 3. The van der Waals surface area contributed by atoms with Crippen LogP contribution in [0.4, 0.5) is 5.69 Å². The number of methoxy groups -OCH3 is 1. The number of carbonyl (C=O) groups is 3. The number of hydrogen-bond donors (Lipinski definition) is 2. The maximum absolute atomic E-state index is 12.4. The molecule has 0 saturated heterocycles. The maximum Gasteiger partial charge on any atom is 0.338 e. The average molecular weight is 512 g/mol. The molecule has 1 aromatic heterocycles. The topological polar surface area (TPSA) is 124 Å². The number of thioether (sulfide) groups is 1. The van der Waals surface area contributed by atoms with Crippen LogP contribution in [-0.2, 0) is 33.8 Å². The van der Waals surface area contributed by atoms with E-state index < -0.39 is 5.97 Å². The molecule has 2 amide bonds. The zero-order chi connectivity index (χ0) is 25.9. The second-order valence-corrected chi connectivity index (χ2v) is 8.52. The number of amides is 2. The first-order valence-electron chi connectivity index (χ1n) is 11.4. The zero-order valence-corrected chi connectivity index (χ0v) is 21.3. The van der Waals surface area contributed by atoms with Crippen LogP contribution in [0.3, 0.4) is 0 Å². The van der Waals surface area contributed by atoms with Crippen molar-refractivity contribution in [1.29, 1.82) is 0 Å². The highest BCUT2D eigenvalue weighted by Crippen LogP contribution is 2.18. The summed E-state index contributed by atoms with van der Waals surface area (Å²) in [4.78, 5) is 36.5. The molecule has 0 saturated carbocycles. The number of ether oxygens (including phenoxy) is 2. The van der Waals surface area contributed by atoms with E-state index in [-0.39, 0.29) is 30.5 Å². The van der Waals surface area contributed by atoms with Crippen LogP contribution >= 0.6 is 11.8 Å². The lowest BCUT2D eigenvalue weighted by molar-refractivity contribution is -0.120. The van der Waals surface area contributed by atoms with Crippen molar-refractivity contribution in [3.05, 3.63) is 65.5 Å². The number of carbonyl (C=O) groups excluding carboxylic acids is 3. The van der Waals surface area contributed by atoms with Gasteiger partial charge in [0.15, 0.2) is 11.0 Å². The van der Waals surface area contributed by atoms with Gasteiger partial charge in [-0.1, -0.05) is 23.9 Å². The van der Waals surface area contributed by atoms with Gasteiger partial charge in [-0.3, -0.25) is 9.59 Å². The molecular formula is C25H29N5O5S. The van der Waals surface area contributed by atoms with Gasteiger partial charge < -0.3 is 24.7 Å². The fourth-order valence-corrected chi connectivity index (χ4v) is 4.10. The summed E-state index contributed by atoms with van der Waals surface area (Å²) in [5.74, 6) is 0.718. The summed E-state index contributed by atoms with van der Waals surface area (Å²) in [6.45, 7) is 4.81. The van der Waals surface area contributed by atoms with Crippen molar-refractivity contribution in [3.8, 4) is 5.75 Å². The highest BCUT2D eigenvalue weighted by molar-refractivity contribution is 7.99. The minimum absolute atomic E-state index is 0.127. The van der Waals surface area contributed by atoms with Crippen LogP contribution in [-0.4, -0.2) is 52.0 Å². The molecule has 3 rings (SSSR count). The van der Waals surface area contributed by atoms with E-state index in [0.29, 0.717) is 35.4 Å². The van der Waals surface area contributed by atoms with Gasteiger partial charge in [-0.2, -0.15) is 0 Å². The molecule has 1 heterocycles. The van der Waals surface area contributed by atoms with Crippen molar-refractivity contribution >= 4 is 35.2 Å². The van der Waals surface area contributed by atoms with E-state index >= 15 is 0 Å². The Morgan fingerprint density at radius 2 is 1.69 bits per heavy atom. The SMILES string of the molecule is CCOC(=O)c1ccc(NC(=O)CSc2nnc(CNC(=O)Cc3ccc(OC)cc3)n2CC)cc1. The van der Waals surface area contributed by atoms with Crippen molar-refractivity contribution in [2.45, 2.75) is 38.5 Å². The summed E-state index contributed by atoms with van der Waals surface area (Å²) in [5, 5.41) is 14.6. The van der Waals surface area contributed by atoms with E-state index in [2.05, 4.69) is 20.8 Å². The van der Waals surface area contributed by atoms with Gasteiger partial charge in [0.2, 0.25) is 11.8 Å². The maximum atomic E-state index is 12.4. The van der Waals surface area contributed by atoms with Gasteiger partial charge in [0, 0.05) is 12.2 Å². The van der Waals surface area contributed by atoms with E-state index in [1.807, 2.05) is 35.8 Å². The number of nitrogens with one attached hydrogen (secondary N) is 2. The number of benzene rings is 2. The van der Waals surface area contributed by atoms with Crippen LogP contribution < -0.4 is 15.4 Å². The van der Waals surface area contributed by atoms with Crippen molar-refractivity contribution in [1.82, 2.24) is 20.1 Å². The fraction of sp³-hybridized carbons (Fsp3) is 0.320. The second-order valence-electron chi connectivity index (χ2n) is 7.58. The minimum atomic E-state index is -0.405. The van der Waals surface area contributed by atoms with Gasteiger partial charge in [0.1, 0.15) is 5.75 Å². The Morgan fingerprint density at radius 1 is 0.972 bits per heavy atom. The monoisotopic (exact) mass is 511 g/mol. The predicted molar refractivity (Wildman–Crippen MR) is 136 cm³/mol. The Balaban J connectivity index is 1.49. The van der Waals surface area contributed by atoms with Crippen LogP contribution in [0, 0.1) is 0 Å². The standard InChI is InChI=1S/C25H29N5O5S/c1-4-30-21(15-26-22(31)14-17-6-12-20(34-3)13-7-17)28-29-25(30)36-16-23(32)27-19-10-8-18(9-11-19)24(33)35-5-2/h6-13H,4-5,14-16H2,1-3H3,(H,26,31)(H,27,32). The largest absolute Gasteiger partial charge is 0.497 e. The van der Waals surface area contributed by atoms with Crippen LogP contribution in [0.2, 0.25) is 0 Å². The van der Waals surface area contributed by atoms with Crippen LogP contribution in [0.1, 0.15) is 35.6 Å². The van der Waals surface area contributed by atoms with Crippen molar-refractivity contribution in [3.63, 3.8) is 0 Å². The Labute approximate surface area is 213 Å². The molecule has 0 fully saturated rings. The number of hydrogen-bond acceptors (Lipinski definition) is 8. The first kappa shape index (κ1) is 26.7. The van der Waals surface area contributed by atoms with E-state index in [4.69, 9.17) is 9.47 Å². The zero-order valence-electron chi connectivity index (χ0n) is 20.4. The van der Waals surface area contributed by atoms with Gasteiger partial charge in [-0.25, -0.2) is 4.79 Å². The molecule has 190 valence electrons. The molecular weight excluding hydrogens is 482 g/mol. The van der Waals surface area contributed by atoms with Gasteiger partial charge in [-0.05, 0) is 55.8 Å². The third-order valence-corrected chi connectivity index (χ3v) is 6.06. The molecule has 0 atom stereocenters. The molecule has 0 aliphatic rings. The van der Waals surface area contributed by atoms with Crippen molar-refractivity contribution < 1.29 is 23.9 Å². The lowest BCUT2D eigenvalue weighted by atomic mass is 10.1. The number of anilines is 1. The molecule has 0 radical (unpaired) electrons. The summed E-state index contributed by atoms with van der Waals surface area (Å²) in [6, 6.07) is 13.8. The average Bonchev–Trinajstić information content (AvgIpc) is 3.29. The smallest absolute Gasteiger partial charge is 0.338 e. The third-order valence-electron chi connectivity index (χ3n) is 5.09. The highest BCUT2D eigenvalue weighted by atomic mass is 32.2. The summed E-state index contributed by atoms with van der Waals surface area (Å²) in [5.41, 5.74) is 1.87. The van der Waals surface area contributed by atoms with Crippen LogP contribution in [0.5, 0.6) is 5.75 Å². The quantitative estimate of drug-likeness (QED) is 0.281. The molecule has 0 aliphatic heterocycles. The molecule has 2 aromatic carbocycles. The van der Waals surface area contributed by atoms with Gasteiger partial charge >= 0.3 is 5.97 Å². The van der Waals surface area contributed by atoms with E-state index in [0.717, 1.165) is 11.3 Å². The molecule has 11 heteroatoms. The predicted octanol–water partition coefficient (Wildman–Crippen LogP) is 3.07. The van der Waals surface area contributed by atoms with Gasteiger partial charge in [0.25, 0.3) is 0 Å². The van der Waals surface area contributed by atoms with Crippen LogP contribution in [0.25, 0.3) is 0 Å². The minimum Gasteiger partial charge on any atom is -0.497 e. The molecule has 2 N–H and O–H groups in total. The van der Waals surface area contributed by atoms with E-state index in [1.165, 1.54) is 11.8 Å². The molecule has 10 nitrogen and oxygen atoms in total. The second kappa shape index (κ2) is 13.3. The molecule has 36 heavy (non-hydrogen) atoms. The number of esters is 1. The first-order valence-corrected chi connectivity index (χ1v) is 12.4. The highest BCUT2D eigenvalue weighted by Gasteiger charge is 2.15. The van der Waals surface area contributed by atoms with Gasteiger partial charge in [-0.15, -0.1) is 10.2 Å². The normalized spacial score (nSPS) is 10.5. The summed E-state index contributed by atoms with van der Waals surface area (Å²) < 4.78 is 11.9. The van der Waals surface area contributed by atoms with E-state index in [1.54, 1.807) is 38.3 Å². The molecule has 0 spiro atoms. The van der Waals surface area contributed by atoms with Crippen molar-refractivity contribution in [2.75, 3.05) is 24.8 Å². The number of rotatable bonds is 12. The Morgan fingerprint density at radius 3 is 2.33 bits per heavy atom. The Bertz CT molecular complexity index is 1180. The lowest BCUT2D eigenvalue weighted by Crippen LogP contribution is -2.26. The fourth-order valence-electron chi connectivity index (χ4n) is 3.27. The van der Waals surface area contributed by atoms with E-state index in [9.17, 15) is 14.4 Å². The third kappa shape index (κ3) is 7.57. The molecule has 0 unspecified atom stereocenters. The summed E-state index contributed by atoms with van der Waals surface area (Å²) in [7, 11) is 1.60. The lowest BCUT2D eigenvalue weighted by Gasteiger charge is -2.09. The molecule has 3 aromatic rings. The molecule has 0 bridgehead atoms. The van der Waals surface area contributed by atoms with Crippen LogP contribution in [0.15, 0.2) is 53.7 Å². The summed E-state index contributed by atoms with van der Waals surface area (Å²) in [6.07, 6.45) is 0.243. The number of aromatic nitrogens is 3. The summed E-state index contributed by atoms with van der Waals surface area (Å²) >= 11 is 1.25.